The van der Waals surface area contributed by atoms with Gasteiger partial charge < -0.3 is 9.47 Å². The van der Waals surface area contributed by atoms with E-state index in [-0.39, 0.29) is 13.2 Å². The lowest BCUT2D eigenvalue weighted by Gasteiger charge is -2.27. The van der Waals surface area contributed by atoms with Gasteiger partial charge in [-0.1, -0.05) is 20.3 Å². The molecule has 0 unspecified atom stereocenters. The molecule has 0 saturated heterocycles. The molecule has 8 nitrogen and oxygen atoms in total. The molecule has 0 aliphatic carbocycles. The highest BCUT2D eigenvalue weighted by Crippen LogP contribution is 2.24. The maximum Gasteiger partial charge on any atom is 0.421 e. The molecule has 0 atom stereocenters. The van der Waals surface area contributed by atoms with Crippen molar-refractivity contribution < 1.29 is 19.1 Å². The van der Waals surface area contributed by atoms with E-state index in [0.717, 1.165) is 12.8 Å². The Kier molecular flexibility index (Phi) is 6.99. The molecule has 8 heteroatoms. The summed E-state index contributed by atoms with van der Waals surface area (Å²) < 4.78 is 9.71. The minimum atomic E-state index is -0.726. The Labute approximate surface area is 99.9 Å². The van der Waals surface area contributed by atoms with Crippen LogP contribution < -0.4 is 22.5 Å². The number of hydrazine groups is 2. The first-order chi connectivity index (χ1) is 7.97. The molecule has 6 N–H and O–H groups in total. The molecule has 0 spiro atoms. The van der Waals surface area contributed by atoms with E-state index in [4.69, 9.17) is 21.2 Å². The van der Waals surface area contributed by atoms with Gasteiger partial charge in [0.05, 0.1) is 0 Å². The second kappa shape index (κ2) is 7.69. The van der Waals surface area contributed by atoms with Crippen molar-refractivity contribution in [3.05, 3.63) is 0 Å². The number of rotatable bonds is 6. The SMILES string of the molecule is CCCC(C)(COC(=O)NN)COC(=O)NN. The first-order valence-electron chi connectivity index (χ1n) is 5.24. The number of nitrogens with two attached hydrogens (primary N) is 2. The summed E-state index contributed by atoms with van der Waals surface area (Å²) in [5.74, 6) is 9.77. The van der Waals surface area contributed by atoms with Crippen LogP contribution in [0.3, 0.4) is 0 Å². The van der Waals surface area contributed by atoms with Crippen LogP contribution in [0.5, 0.6) is 0 Å². The van der Waals surface area contributed by atoms with Gasteiger partial charge in [0.15, 0.2) is 0 Å². The summed E-state index contributed by atoms with van der Waals surface area (Å²) in [6.07, 6.45) is 0.131. The molecule has 0 rings (SSSR count). The van der Waals surface area contributed by atoms with Gasteiger partial charge in [0.2, 0.25) is 0 Å². The third-order valence-electron chi connectivity index (χ3n) is 2.19. The van der Waals surface area contributed by atoms with E-state index in [0.29, 0.717) is 0 Å². The van der Waals surface area contributed by atoms with Crippen molar-refractivity contribution in [1.82, 2.24) is 10.9 Å². The minimum Gasteiger partial charge on any atom is -0.448 e. The molecule has 0 fully saturated rings. The molecule has 0 saturated carbocycles. The summed E-state index contributed by atoms with van der Waals surface area (Å²) >= 11 is 0. The molecule has 0 aromatic heterocycles. The standard InChI is InChI=1S/C9H20N4O4/c1-3-4-9(2,5-16-7(14)12-10)6-17-8(15)13-11/h3-6,10-11H2,1-2H3,(H,12,14)(H,13,15). The Morgan fingerprint density at radius 3 is 1.82 bits per heavy atom. The highest BCUT2D eigenvalue weighted by Gasteiger charge is 2.27. The molecule has 0 aromatic carbocycles. The summed E-state index contributed by atoms with van der Waals surface area (Å²) in [6.45, 7) is 4.01. The minimum absolute atomic E-state index is 0.0989. The maximum absolute atomic E-state index is 10.9. The number of nitrogens with one attached hydrogen (secondary N) is 2. The molecule has 0 heterocycles. The van der Waals surface area contributed by atoms with E-state index in [9.17, 15) is 9.59 Å². The zero-order valence-electron chi connectivity index (χ0n) is 10.1. The largest absolute Gasteiger partial charge is 0.448 e. The monoisotopic (exact) mass is 248 g/mol. The Morgan fingerprint density at radius 1 is 1.12 bits per heavy atom. The molecule has 17 heavy (non-hydrogen) atoms. The van der Waals surface area contributed by atoms with Crippen molar-refractivity contribution in [1.29, 1.82) is 0 Å². The number of carbonyl (C=O) groups excluding carboxylic acids is 2. The van der Waals surface area contributed by atoms with Crippen LogP contribution in [-0.2, 0) is 9.47 Å². The zero-order chi connectivity index (χ0) is 13.3. The molecular weight excluding hydrogens is 228 g/mol. The number of ether oxygens (including phenoxy) is 2. The fraction of sp³-hybridized carbons (Fsp3) is 0.778. The summed E-state index contributed by atoms with van der Waals surface area (Å²) in [5.41, 5.74) is 3.24. The van der Waals surface area contributed by atoms with Gasteiger partial charge >= 0.3 is 12.2 Å². The lowest BCUT2D eigenvalue weighted by atomic mass is 9.87. The predicted molar refractivity (Wildman–Crippen MR) is 60.4 cm³/mol. The van der Waals surface area contributed by atoms with Crippen molar-refractivity contribution in [2.24, 2.45) is 17.1 Å². The summed E-state index contributed by atoms with van der Waals surface area (Å²) in [6, 6.07) is 0. The molecule has 100 valence electrons. The van der Waals surface area contributed by atoms with Gasteiger partial charge in [-0.25, -0.2) is 21.3 Å². The molecule has 0 aliphatic rings. The van der Waals surface area contributed by atoms with E-state index in [1.165, 1.54) is 0 Å². The van der Waals surface area contributed by atoms with Crippen LogP contribution >= 0.6 is 0 Å². The van der Waals surface area contributed by atoms with Crippen molar-refractivity contribution in [2.75, 3.05) is 13.2 Å². The van der Waals surface area contributed by atoms with E-state index in [1.807, 2.05) is 24.7 Å². The highest BCUT2D eigenvalue weighted by atomic mass is 16.6. The zero-order valence-corrected chi connectivity index (χ0v) is 10.1. The van der Waals surface area contributed by atoms with Crippen LogP contribution in [0.15, 0.2) is 0 Å². The van der Waals surface area contributed by atoms with Gasteiger partial charge in [-0.15, -0.1) is 0 Å². The first-order valence-corrected chi connectivity index (χ1v) is 5.24. The van der Waals surface area contributed by atoms with E-state index in [2.05, 4.69) is 0 Å². The topological polar surface area (TPSA) is 129 Å². The number of amides is 2. The van der Waals surface area contributed by atoms with Gasteiger partial charge in [0.1, 0.15) is 13.2 Å². The fourth-order valence-electron chi connectivity index (χ4n) is 1.35. The summed E-state index contributed by atoms with van der Waals surface area (Å²) in [5, 5.41) is 0. The van der Waals surface area contributed by atoms with Gasteiger partial charge in [-0.05, 0) is 6.42 Å². The third kappa shape index (κ3) is 6.59. The Hall–Kier alpha value is -1.54. The third-order valence-corrected chi connectivity index (χ3v) is 2.19. The molecular formula is C9H20N4O4. The van der Waals surface area contributed by atoms with Gasteiger partial charge in [0.25, 0.3) is 0 Å². The maximum atomic E-state index is 10.9. The normalized spacial score (nSPS) is 10.6. The number of hydrogen-bond donors (Lipinski definition) is 4. The summed E-state index contributed by atoms with van der Waals surface area (Å²) in [7, 11) is 0. The van der Waals surface area contributed by atoms with Gasteiger partial charge in [0, 0.05) is 5.41 Å². The van der Waals surface area contributed by atoms with Crippen LogP contribution in [0, 0.1) is 5.41 Å². The number of hydrogen-bond acceptors (Lipinski definition) is 6. The first kappa shape index (κ1) is 15.5. The Balaban J connectivity index is 4.24. The van der Waals surface area contributed by atoms with Gasteiger partial charge in [-0.3, -0.25) is 10.9 Å². The average molecular weight is 248 g/mol. The van der Waals surface area contributed by atoms with Crippen molar-refractivity contribution in [2.45, 2.75) is 26.7 Å². The molecule has 2 amide bonds. The van der Waals surface area contributed by atoms with Crippen LogP contribution in [0.25, 0.3) is 0 Å². The van der Waals surface area contributed by atoms with E-state index >= 15 is 0 Å². The fourth-order valence-corrected chi connectivity index (χ4v) is 1.35. The van der Waals surface area contributed by atoms with Crippen LogP contribution in [-0.4, -0.2) is 25.4 Å². The van der Waals surface area contributed by atoms with E-state index in [1.54, 1.807) is 0 Å². The van der Waals surface area contributed by atoms with Crippen LogP contribution in [0.1, 0.15) is 26.7 Å². The lowest BCUT2D eigenvalue weighted by molar-refractivity contribution is 0.0312. The van der Waals surface area contributed by atoms with Crippen LogP contribution in [0.2, 0.25) is 0 Å². The second-order valence-corrected chi connectivity index (χ2v) is 4.00. The Morgan fingerprint density at radius 2 is 1.53 bits per heavy atom. The van der Waals surface area contributed by atoms with Gasteiger partial charge in [-0.2, -0.15) is 0 Å². The van der Waals surface area contributed by atoms with E-state index < -0.39 is 17.6 Å². The Bertz CT molecular complexity index is 239. The second-order valence-electron chi connectivity index (χ2n) is 4.00. The van der Waals surface area contributed by atoms with Crippen molar-refractivity contribution >= 4 is 12.2 Å². The predicted octanol–water partition coefficient (Wildman–Crippen LogP) is -0.00740. The molecule has 0 aliphatic heterocycles. The lowest BCUT2D eigenvalue weighted by Crippen LogP contribution is -2.38. The molecule has 0 bridgehead atoms. The number of carbonyl (C=O) groups is 2. The van der Waals surface area contributed by atoms with Crippen molar-refractivity contribution in [3.8, 4) is 0 Å². The quantitative estimate of drug-likeness (QED) is 0.297. The van der Waals surface area contributed by atoms with Crippen LogP contribution in [0.4, 0.5) is 9.59 Å². The van der Waals surface area contributed by atoms with Crippen molar-refractivity contribution in [3.63, 3.8) is 0 Å². The smallest absolute Gasteiger partial charge is 0.421 e. The summed E-state index contributed by atoms with van der Waals surface area (Å²) in [4.78, 5) is 21.7. The highest BCUT2D eigenvalue weighted by molar-refractivity contribution is 5.66. The molecule has 0 radical (unpaired) electrons. The average Bonchev–Trinajstić information content (AvgIpc) is 2.33. The molecule has 0 aromatic rings.